The van der Waals surface area contributed by atoms with E-state index in [1.54, 1.807) is 23.9 Å². The molecule has 0 amide bonds. The number of carbonyl (C=O) groups is 1. The van der Waals surface area contributed by atoms with E-state index in [9.17, 15) is 9.90 Å². The smallest absolute Gasteiger partial charge is 0.182 e. The van der Waals surface area contributed by atoms with Gasteiger partial charge in [-0.05, 0) is 36.1 Å². The van der Waals surface area contributed by atoms with E-state index in [-0.39, 0.29) is 12.2 Å². The summed E-state index contributed by atoms with van der Waals surface area (Å²) in [4.78, 5) is 19.1. The summed E-state index contributed by atoms with van der Waals surface area (Å²) in [5, 5.41) is 10.4. The van der Waals surface area contributed by atoms with E-state index in [4.69, 9.17) is 4.74 Å². The van der Waals surface area contributed by atoms with Gasteiger partial charge in [0.1, 0.15) is 17.1 Å². The van der Waals surface area contributed by atoms with Crippen LogP contribution in [-0.4, -0.2) is 51.5 Å². The van der Waals surface area contributed by atoms with Crippen molar-refractivity contribution in [3.8, 4) is 5.75 Å². The van der Waals surface area contributed by atoms with Gasteiger partial charge in [-0.3, -0.25) is 9.69 Å². The van der Waals surface area contributed by atoms with Gasteiger partial charge >= 0.3 is 0 Å². The number of benzene rings is 1. The van der Waals surface area contributed by atoms with E-state index in [0.29, 0.717) is 30.1 Å². The third-order valence-electron chi connectivity index (χ3n) is 5.33. The number of hydrogen-bond acceptors (Lipinski definition) is 5. The molecule has 1 aromatic carbocycles. The van der Waals surface area contributed by atoms with Gasteiger partial charge in [-0.15, -0.1) is 0 Å². The molecule has 4 rings (SSSR count). The van der Waals surface area contributed by atoms with Gasteiger partial charge in [0.05, 0.1) is 19.4 Å². The summed E-state index contributed by atoms with van der Waals surface area (Å²) in [6, 6.07) is 12.1. The molecule has 0 bridgehead atoms. The highest BCUT2D eigenvalue weighted by Gasteiger charge is 2.19. The topological polar surface area (TPSA) is 67.1 Å². The number of β-amino-alcohol motifs (C(OH)–C–C–N with tert-alkyl or cyclic N) is 1. The average molecular weight is 379 g/mol. The molecular weight excluding hydrogens is 354 g/mol. The van der Waals surface area contributed by atoms with Crippen molar-refractivity contribution >= 4 is 11.4 Å². The molecule has 6 nitrogen and oxygen atoms in total. The fourth-order valence-electron chi connectivity index (χ4n) is 3.75. The van der Waals surface area contributed by atoms with Crippen LogP contribution in [-0.2, 0) is 13.0 Å². The molecule has 6 heteroatoms. The molecule has 0 saturated heterocycles. The Morgan fingerprint density at radius 1 is 1.21 bits per heavy atom. The summed E-state index contributed by atoms with van der Waals surface area (Å²) in [5.41, 5.74) is 3.85. The molecule has 1 unspecified atom stereocenters. The molecule has 1 aliphatic heterocycles. The molecule has 0 fully saturated rings. The van der Waals surface area contributed by atoms with Crippen LogP contribution in [0.15, 0.2) is 48.8 Å². The van der Waals surface area contributed by atoms with Crippen molar-refractivity contribution in [2.75, 3.05) is 20.2 Å². The van der Waals surface area contributed by atoms with Gasteiger partial charge in [-0.1, -0.05) is 24.3 Å². The number of ketones is 1. The number of imidazole rings is 1. The second-order valence-electron chi connectivity index (χ2n) is 7.33. The van der Waals surface area contributed by atoms with Crippen LogP contribution in [0.3, 0.4) is 0 Å². The first kappa shape index (κ1) is 18.7. The van der Waals surface area contributed by atoms with Gasteiger partial charge in [0, 0.05) is 32.3 Å². The molecule has 1 aliphatic rings. The number of carbonyl (C=O) groups excluding carboxylic acids is 1. The second kappa shape index (κ2) is 8.12. The maximum absolute atomic E-state index is 12.5. The van der Waals surface area contributed by atoms with Crippen LogP contribution in [0.25, 0.3) is 5.65 Å². The lowest BCUT2D eigenvalue weighted by Gasteiger charge is -2.30. The van der Waals surface area contributed by atoms with Crippen LogP contribution in [0, 0.1) is 0 Å². The molecule has 1 atom stereocenters. The van der Waals surface area contributed by atoms with Crippen molar-refractivity contribution in [3.63, 3.8) is 0 Å². The highest BCUT2D eigenvalue weighted by molar-refractivity contribution is 5.94. The predicted octanol–water partition coefficient (Wildman–Crippen LogP) is 2.73. The Bertz CT molecular complexity index is 982. The Balaban J connectivity index is 1.31. The monoisotopic (exact) mass is 379 g/mol. The minimum atomic E-state index is -0.522. The number of aliphatic hydroxyl groups is 1. The minimum Gasteiger partial charge on any atom is -0.495 e. The number of ether oxygens (including phenoxy) is 1. The van der Waals surface area contributed by atoms with Gasteiger partial charge in [-0.2, -0.15) is 0 Å². The van der Waals surface area contributed by atoms with Crippen LogP contribution < -0.4 is 4.74 Å². The highest BCUT2D eigenvalue weighted by atomic mass is 16.5. The van der Waals surface area contributed by atoms with E-state index in [1.165, 1.54) is 11.1 Å². The zero-order valence-corrected chi connectivity index (χ0v) is 16.0. The Morgan fingerprint density at radius 2 is 2.04 bits per heavy atom. The zero-order valence-electron chi connectivity index (χ0n) is 16.0. The fourth-order valence-corrected chi connectivity index (χ4v) is 3.75. The number of aromatic nitrogens is 2. The van der Waals surface area contributed by atoms with Gasteiger partial charge in [0.2, 0.25) is 0 Å². The van der Waals surface area contributed by atoms with Crippen LogP contribution >= 0.6 is 0 Å². The molecule has 0 radical (unpaired) electrons. The SMILES string of the molecule is COc1ccc2nc(C(=O)CCC(O)CN3CCc4ccccc4C3)cn2c1. The van der Waals surface area contributed by atoms with Crippen LogP contribution in [0.5, 0.6) is 5.75 Å². The maximum atomic E-state index is 12.5. The van der Waals surface area contributed by atoms with Crippen molar-refractivity contribution in [3.05, 3.63) is 65.6 Å². The number of nitrogens with zero attached hydrogens (tertiary/aromatic N) is 3. The summed E-state index contributed by atoms with van der Waals surface area (Å²) < 4.78 is 6.98. The summed E-state index contributed by atoms with van der Waals surface area (Å²) in [6.07, 6.45) is 4.72. The van der Waals surface area contributed by atoms with Crippen LogP contribution in [0.2, 0.25) is 0 Å². The molecule has 1 N–H and O–H groups in total. The highest BCUT2D eigenvalue weighted by Crippen LogP contribution is 2.19. The Hall–Kier alpha value is -2.70. The zero-order chi connectivity index (χ0) is 19.5. The molecular formula is C22H25N3O3. The van der Waals surface area contributed by atoms with Gasteiger partial charge in [-0.25, -0.2) is 4.98 Å². The molecule has 0 spiro atoms. The van der Waals surface area contributed by atoms with E-state index in [0.717, 1.165) is 19.5 Å². The Morgan fingerprint density at radius 3 is 2.86 bits per heavy atom. The van der Waals surface area contributed by atoms with Crippen LogP contribution in [0.4, 0.5) is 0 Å². The maximum Gasteiger partial charge on any atom is 0.182 e. The average Bonchev–Trinajstić information content (AvgIpc) is 3.15. The normalized spacial score (nSPS) is 15.4. The molecule has 0 saturated carbocycles. The lowest BCUT2D eigenvalue weighted by molar-refractivity contribution is 0.0834. The van der Waals surface area contributed by atoms with Gasteiger partial charge in [0.25, 0.3) is 0 Å². The van der Waals surface area contributed by atoms with E-state index < -0.39 is 6.10 Å². The Labute approximate surface area is 164 Å². The first-order valence-corrected chi connectivity index (χ1v) is 9.65. The minimum absolute atomic E-state index is 0.0503. The number of aliphatic hydroxyl groups excluding tert-OH is 1. The number of hydrogen-bond donors (Lipinski definition) is 1. The summed E-state index contributed by atoms with van der Waals surface area (Å²) in [7, 11) is 1.60. The summed E-state index contributed by atoms with van der Waals surface area (Å²) in [6.45, 7) is 2.38. The third kappa shape index (κ3) is 4.08. The molecule has 28 heavy (non-hydrogen) atoms. The Kier molecular flexibility index (Phi) is 5.41. The van der Waals surface area contributed by atoms with E-state index in [2.05, 4.69) is 34.1 Å². The van der Waals surface area contributed by atoms with Crippen LogP contribution in [0.1, 0.15) is 34.5 Å². The molecule has 3 aromatic rings. The predicted molar refractivity (Wildman–Crippen MR) is 107 cm³/mol. The quantitative estimate of drug-likeness (QED) is 0.640. The first-order chi connectivity index (χ1) is 13.6. The van der Waals surface area contributed by atoms with Crippen molar-refractivity contribution in [2.45, 2.75) is 31.9 Å². The van der Waals surface area contributed by atoms with Crippen molar-refractivity contribution in [2.24, 2.45) is 0 Å². The molecule has 3 heterocycles. The van der Waals surface area contributed by atoms with Crippen molar-refractivity contribution in [1.29, 1.82) is 0 Å². The van der Waals surface area contributed by atoms with Crippen molar-refractivity contribution < 1.29 is 14.6 Å². The molecule has 146 valence electrons. The number of fused-ring (bicyclic) bond motifs is 2. The van der Waals surface area contributed by atoms with E-state index >= 15 is 0 Å². The van der Waals surface area contributed by atoms with Gasteiger partial charge in [0.15, 0.2) is 5.78 Å². The summed E-state index contributed by atoms with van der Waals surface area (Å²) >= 11 is 0. The molecule has 2 aromatic heterocycles. The largest absolute Gasteiger partial charge is 0.495 e. The number of Topliss-reactive ketones (excluding diaryl/α,β-unsaturated/α-hetero) is 1. The fraction of sp³-hybridized carbons (Fsp3) is 0.364. The van der Waals surface area contributed by atoms with E-state index in [1.807, 2.05) is 12.1 Å². The number of methoxy groups -OCH3 is 1. The lowest BCUT2D eigenvalue weighted by Crippen LogP contribution is -2.36. The molecule has 0 aliphatic carbocycles. The first-order valence-electron chi connectivity index (χ1n) is 9.65. The summed E-state index contributed by atoms with van der Waals surface area (Å²) in [5.74, 6) is 0.660. The standard InChI is InChI=1S/C22H25N3O3/c1-28-19-7-9-22-23-20(15-25(22)14-19)21(27)8-6-18(26)13-24-11-10-16-4-2-3-5-17(16)12-24/h2-5,7,9,14-15,18,26H,6,8,10-13H2,1H3. The van der Waals surface area contributed by atoms with Crippen molar-refractivity contribution in [1.82, 2.24) is 14.3 Å². The number of rotatable bonds is 7. The lowest BCUT2D eigenvalue weighted by atomic mass is 9.99. The second-order valence-corrected chi connectivity index (χ2v) is 7.33. The third-order valence-corrected chi connectivity index (χ3v) is 5.33. The van der Waals surface area contributed by atoms with Gasteiger partial charge < -0.3 is 14.2 Å². The number of pyridine rings is 1.